The van der Waals surface area contributed by atoms with Crippen molar-refractivity contribution in [1.82, 2.24) is 0 Å². The molecule has 0 bridgehead atoms. The van der Waals surface area contributed by atoms with Gasteiger partial charge in [-0.05, 0) is 0 Å². The molecule has 4 heteroatoms. The van der Waals surface area contributed by atoms with Crippen LogP contribution < -0.4 is 0 Å². The molecule has 0 heterocycles. The van der Waals surface area contributed by atoms with E-state index < -0.39 is 0 Å². The van der Waals surface area contributed by atoms with Crippen molar-refractivity contribution >= 4 is 51.8 Å². The van der Waals surface area contributed by atoms with Gasteiger partial charge in [0.2, 0.25) is 0 Å². The molecule has 0 aromatic heterocycles. The Kier molecular flexibility index (Phi) is 12.8. The molecule has 0 aliphatic heterocycles. The summed E-state index contributed by atoms with van der Waals surface area (Å²) in [4.78, 5) is 9.77. The third kappa shape index (κ3) is 6.96. The largest absolute Gasteiger partial charge is 2.00 e. The summed E-state index contributed by atoms with van der Waals surface area (Å²) in [5.74, 6) is 0. The molecule has 52 valence electrons. The average Bonchev–Trinajstić information content (AvgIpc) is 1.83. The molecule has 0 N–H and O–H groups in total. The summed E-state index contributed by atoms with van der Waals surface area (Å²) in [6, 6.07) is 0. The van der Waals surface area contributed by atoms with Crippen LogP contribution in [0, 0.1) is 0 Å². The fourth-order valence-corrected chi connectivity index (χ4v) is 0.367. The first-order valence-electron chi connectivity index (χ1n) is 2.34. The molecule has 0 unspecified atom stereocenters. The molecule has 0 spiro atoms. The summed E-state index contributed by atoms with van der Waals surface area (Å²) < 4.78 is 9.37. The van der Waals surface area contributed by atoms with Crippen LogP contribution in [0.15, 0.2) is 0 Å². The van der Waals surface area contributed by atoms with E-state index in [4.69, 9.17) is 0 Å². The average molecular weight is 208 g/mol. The summed E-state index contributed by atoms with van der Waals surface area (Å²) in [6.07, 6.45) is 0.692. The van der Waals surface area contributed by atoms with Gasteiger partial charge in [-0.3, -0.25) is 0 Å². The summed E-state index contributed by atoms with van der Waals surface area (Å²) in [5.41, 5.74) is 0. The number of rotatable bonds is 4. The van der Waals surface area contributed by atoms with Gasteiger partial charge in [0.25, 0.3) is 0 Å². The Morgan fingerprint density at radius 2 is 2.00 bits per heavy atom. The molecule has 0 aromatic rings. The third-order valence-corrected chi connectivity index (χ3v) is 0.814. The standard InChI is InChI=1S/C5H10O3.Sr.2H/c1-7-5(8-2)3-4-6;;;/h4-5H,3H2,1-2H3;;;/q;+2;2*-1. The van der Waals surface area contributed by atoms with E-state index in [9.17, 15) is 4.79 Å². The van der Waals surface area contributed by atoms with Gasteiger partial charge in [0.05, 0.1) is 6.42 Å². The molecular weight excluding hydrogens is 196 g/mol. The van der Waals surface area contributed by atoms with Crippen LogP contribution in [0.25, 0.3) is 0 Å². The number of aldehydes is 1. The first-order chi connectivity index (χ1) is 3.85. The maximum atomic E-state index is 9.77. The second-order valence-corrected chi connectivity index (χ2v) is 1.30. The quantitative estimate of drug-likeness (QED) is 0.371. The summed E-state index contributed by atoms with van der Waals surface area (Å²) in [6.45, 7) is 0. The van der Waals surface area contributed by atoms with Crippen molar-refractivity contribution in [2.45, 2.75) is 12.7 Å². The molecule has 0 atom stereocenters. The zero-order valence-corrected chi connectivity index (χ0v) is 9.27. The first-order valence-corrected chi connectivity index (χ1v) is 2.34. The normalized spacial score (nSPS) is 8.78. The third-order valence-electron chi connectivity index (χ3n) is 0.814. The number of carbonyl (C=O) groups is 1. The van der Waals surface area contributed by atoms with Crippen molar-refractivity contribution in [2.24, 2.45) is 0 Å². The van der Waals surface area contributed by atoms with Gasteiger partial charge in [-0.25, -0.2) is 0 Å². The molecule has 0 rings (SSSR count). The number of hydrogen-bond acceptors (Lipinski definition) is 3. The van der Waals surface area contributed by atoms with E-state index in [2.05, 4.69) is 9.47 Å². The molecule has 0 aliphatic carbocycles. The number of hydrogen-bond donors (Lipinski definition) is 0. The molecule has 9 heavy (non-hydrogen) atoms. The SMILES string of the molecule is COC(CC=O)OC.[H-].[H-].[Sr+2]. The smallest absolute Gasteiger partial charge is 1.00 e. The Hall–Kier alpha value is 1.07. The van der Waals surface area contributed by atoms with Crippen LogP contribution in [0.1, 0.15) is 9.27 Å². The molecule has 0 saturated carbocycles. The van der Waals surface area contributed by atoms with E-state index in [1.807, 2.05) is 0 Å². The van der Waals surface area contributed by atoms with Crippen LogP contribution in [0.3, 0.4) is 0 Å². The first kappa shape index (κ1) is 12.7. The molecule has 0 radical (unpaired) electrons. The van der Waals surface area contributed by atoms with E-state index in [0.717, 1.165) is 6.29 Å². The van der Waals surface area contributed by atoms with Crippen molar-refractivity contribution in [3.63, 3.8) is 0 Å². The van der Waals surface area contributed by atoms with Gasteiger partial charge in [-0.2, -0.15) is 0 Å². The van der Waals surface area contributed by atoms with Crippen molar-refractivity contribution < 1.29 is 17.1 Å². The maximum absolute atomic E-state index is 9.77. The topological polar surface area (TPSA) is 35.5 Å². The van der Waals surface area contributed by atoms with E-state index in [1.54, 1.807) is 0 Å². The van der Waals surface area contributed by atoms with Gasteiger partial charge in [-0.1, -0.05) is 0 Å². The maximum Gasteiger partial charge on any atom is 2.00 e. The zero-order valence-electron chi connectivity index (χ0n) is 7.79. The van der Waals surface area contributed by atoms with Crippen molar-refractivity contribution in [3.8, 4) is 0 Å². The van der Waals surface area contributed by atoms with Gasteiger partial charge in [-0.15, -0.1) is 0 Å². The Bertz CT molecular complexity index is 70.7. The molecule has 0 aromatic carbocycles. The fourth-order valence-electron chi connectivity index (χ4n) is 0.367. The second-order valence-electron chi connectivity index (χ2n) is 1.30. The van der Waals surface area contributed by atoms with Crippen molar-refractivity contribution in [3.05, 3.63) is 0 Å². The molecule has 0 saturated heterocycles. The minimum absolute atomic E-state index is 0. The van der Waals surface area contributed by atoms with Crippen LogP contribution in [-0.4, -0.2) is 72.3 Å². The van der Waals surface area contributed by atoms with Gasteiger partial charge in [0.15, 0.2) is 6.29 Å². The second kappa shape index (κ2) is 9.07. The minimum atomic E-state index is -0.368. The predicted molar refractivity (Wildman–Crippen MR) is 36.5 cm³/mol. The molecular formula is C5H12O3Sr. The van der Waals surface area contributed by atoms with Crippen LogP contribution >= 0.6 is 0 Å². The van der Waals surface area contributed by atoms with Gasteiger partial charge < -0.3 is 17.1 Å². The van der Waals surface area contributed by atoms with Crippen LogP contribution in [-0.2, 0) is 14.3 Å². The molecule has 0 aliphatic rings. The summed E-state index contributed by atoms with van der Waals surface area (Å²) in [7, 11) is 3.00. The Morgan fingerprint density at radius 1 is 1.56 bits per heavy atom. The molecule has 0 fully saturated rings. The van der Waals surface area contributed by atoms with E-state index >= 15 is 0 Å². The Labute approximate surface area is 94.9 Å². The van der Waals surface area contributed by atoms with Gasteiger partial charge >= 0.3 is 45.5 Å². The minimum Gasteiger partial charge on any atom is -1.00 e. The van der Waals surface area contributed by atoms with Gasteiger partial charge in [0.1, 0.15) is 6.29 Å². The predicted octanol–water partition coefficient (Wildman–Crippen LogP) is 0.0385. The van der Waals surface area contributed by atoms with Crippen LogP contribution in [0.2, 0.25) is 0 Å². The number of methoxy groups -OCH3 is 2. The summed E-state index contributed by atoms with van der Waals surface area (Å²) >= 11 is 0. The van der Waals surface area contributed by atoms with Crippen LogP contribution in [0.5, 0.6) is 0 Å². The monoisotopic (exact) mass is 208 g/mol. The van der Waals surface area contributed by atoms with Gasteiger partial charge in [0, 0.05) is 14.2 Å². The molecule has 0 amide bonds. The Morgan fingerprint density at radius 3 is 2.11 bits per heavy atom. The van der Waals surface area contributed by atoms with E-state index in [-0.39, 0.29) is 54.6 Å². The molecule has 3 nitrogen and oxygen atoms in total. The van der Waals surface area contributed by atoms with E-state index in [0.29, 0.717) is 6.42 Å². The Balaban J connectivity index is -0.0000000817. The fraction of sp³-hybridized carbons (Fsp3) is 0.800. The van der Waals surface area contributed by atoms with Crippen molar-refractivity contribution in [1.29, 1.82) is 0 Å². The zero-order chi connectivity index (χ0) is 6.41. The van der Waals surface area contributed by atoms with Crippen molar-refractivity contribution in [2.75, 3.05) is 14.2 Å². The van der Waals surface area contributed by atoms with Crippen LogP contribution in [0.4, 0.5) is 0 Å². The number of carbonyl (C=O) groups excluding carboxylic acids is 1. The summed E-state index contributed by atoms with van der Waals surface area (Å²) in [5, 5.41) is 0. The van der Waals surface area contributed by atoms with E-state index in [1.165, 1.54) is 14.2 Å². The number of ether oxygens (including phenoxy) is 2.